The minimum atomic E-state index is -4.21. The molecule has 8 nitrogen and oxygen atoms in total. The van der Waals surface area contributed by atoms with Gasteiger partial charge in [0.1, 0.15) is 24.2 Å². The third kappa shape index (κ3) is 8.78. The van der Waals surface area contributed by atoms with Crippen molar-refractivity contribution in [1.29, 1.82) is 0 Å². The van der Waals surface area contributed by atoms with Crippen LogP contribution in [0.4, 0.5) is 10.1 Å². The maximum absolute atomic E-state index is 14.1. The van der Waals surface area contributed by atoms with Crippen molar-refractivity contribution < 1.29 is 27.1 Å². The molecule has 3 rings (SSSR count). The average molecular weight is 663 g/mol. The molecule has 0 saturated heterocycles. The Kier molecular flexibility index (Phi) is 11.1. The summed E-state index contributed by atoms with van der Waals surface area (Å²) in [5.41, 5.74) is 0.285. The molecule has 0 aliphatic heterocycles. The Balaban J connectivity index is 2.07. The van der Waals surface area contributed by atoms with Crippen LogP contribution in [0.25, 0.3) is 0 Å². The fraction of sp³-hybridized carbons (Fsp3) is 0.355. The SMILES string of the molecule is CCOc1ccc(N(CC(=O)N(Cc2ccc(F)cc2)C(CC)C(=O)NC(C)(C)C)S(=O)(=O)c2ccc(Br)cc2)cc1. The number of rotatable bonds is 12. The zero-order valence-corrected chi connectivity index (χ0v) is 26.8. The summed E-state index contributed by atoms with van der Waals surface area (Å²) in [6, 6.07) is 17.2. The quantitative estimate of drug-likeness (QED) is 0.261. The van der Waals surface area contributed by atoms with Crippen molar-refractivity contribution in [3.63, 3.8) is 0 Å². The molecule has 0 bridgehead atoms. The van der Waals surface area contributed by atoms with Crippen LogP contribution in [0.2, 0.25) is 0 Å². The number of ether oxygens (including phenoxy) is 1. The topological polar surface area (TPSA) is 96.0 Å². The summed E-state index contributed by atoms with van der Waals surface area (Å²) in [5.74, 6) is -0.846. The van der Waals surface area contributed by atoms with Gasteiger partial charge in [0, 0.05) is 16.6 Å². The molecule has 0 saturated carbocycles. The maximum Gasteiger partial charge on any atom is 0.264 e. The highest BCUT2D eigenvalue weighted by atomic mass is 79.9. The number of sulfonamides is 1. The van der Waals surface area contributed by atoms with Gasteiger partial charge in [-0.15, -0.1) is 0 Å². The molecule has 226 valence electrons. The molecule has 0 fully saturated rings. The highest BCUT2D eigenvalue weighted by molar-refractivity contribution is 9.10. The van der Waals surface area contributed by atoms with Crippen molar-refractivity contribution >= 4 is 43.5 Å². The van der Waals surface area contributed by atoms with E-state index in [1.165, 1.54) is 41.3 Å². The Bertz CT molecular complexity index is 1460. The molecule has 3 aromatic carbocycles. The predicted molar refractivity (Wildman–Crippen MR) is 165 cm³/mol. The monoisotopic (exact) mass is 661 g/mol. The molecule has 3 aromatic rings. The van der Waals surface area contributed by atoms with Crippen molar-refractivity contribution in [1.82, 2.24) is 10.2 Å². The molecule has 0 aliphatic carbocycles. The number of benzene rings is 3. The van der Waals surface area contributed by atoms with E-state index in [9.17, 15) is 22.4 Å². The van der Waals surface area contributed by atoms with Gasteiger partial charge < -0.3 is 15.0 Å². The zero-order valence-electron chi connectivity index (χ0n) is 24.4. The summed E-state index contributed by atoms with van der Waals surface area (Å²) < 4.78 is 48.8. The lowest BCUT2D eigenvalue weighted by Crippen LogP contribution is -2.55. The first-order chi connectivity index (χ1) is 19.7. The molecular weight excluding hydrogens is 625 g/mol. The number of amides is 2. The van der Waals surface area contributed by atoms with Crippen LogP contribution in [0.1, 0.15) is 46.6 Å². The summed E-state index contributed by atoms with van der Waals surface area (Å²) in [7, 11) is -4.21. The van der Waals surface area contributed by atoms with E-state index in [-0.39, 0.29) is 29.5 Å². The van der Waals surface area contributed by atoms with Crippen LogP contribution in [0.3, 0.4) is 0 Å². The second-order valence-electron chi connectivity index (χ2n) is 10.7. The van der Waals surface area contributed by atoms with Crippen molar-refractivity contribution in [3.8, 4) is 5.75 Å². The van der Waals surface area contributed by atoms with Gasteiger partial charge in [-0.05, 0) is 100 Å². The number of carbonyl (C=O) groups excluding carboxylic acids is 2. The number of nitrogens with one attached hydrogen (secondary N) is 1. The van der Waals surface area contributed by atoms with E-state index in [4.69, 9.17) is 4.74 Å². The van der Waals surface area contributed by atoms with Crippen LogP contribution in [0.5, 0.6) is 5.75 Å². The average Bonchev–Trinajstić information content (AvgIpc) is 2.92. The van der Waals surface area contributed by atoms with E-state index >= 15 is 0 Å². The lowest BCUT2D eigenvalue weighted by atomic mass is 10.1. The van der Waals surface area contributed by atoms with Gasteiger partial charge in [-0.1, -0.05) is 35.0 Å². The molecule has 1 N–H and O–H groups in total. The molecule has 0 spiro atoms. The normalized spacial score (nSPS) is 12.4. The Labute approximate surface area is 256 Å². The maximum atomic E-state index is 14.1. The number of hydrogen-bond donors (Lipinski definition) is 1. The van der Waals surface area contributed by atoms with Gasteiger partial charge in [0.05, 0.1) is 17.2 Å². The Morgan fingerprint density at radius 3 is 2.07 bits per heavy atom. The van der Waals surface area contributed by atoms with E-state index in [0.717, 1.165) is 4.31 Å². The molecule has 0 aliphatic rings. The third-order valence-corrected chi connectivity index (χ3v) is 8.58. The summed E-state index contributed by atoms with van der Waals surface area (Å²) in [6.07, 6.45) is 0.275. The van der Waals surface area contributed by atoms with Gasteiger partial charge in [0.25, 0.3) is 10.0 Å². The lowest BCUT2D eigenvalue weighted by molar-refractivity contribution is -0.141. The molecule has 2 amide bonds. The van der Waals surface area contributed by atoms with Crippen LogP contribution in [-0.4, -0.2) is 49.9 Å². The van der Waals surface area contributed by atoms with Crippen molar-refractivity contribution in [2.75, 3.05) is 17.5 Å². The first-order valence-corrected chi connectivity index (χ1v) is 15.9. The number of hydrogen-bond acceptors (Lipinski definition) is 5. The Hall–Kier alpha value is -3.44. The Morgan fingerprint density at radius 2 is 1.55 bits per heavy atom. The number of anilines is 1. The number of carbonyl (C=O) groups is 2. The third-order valence-electron chi connectivity index (χ3n) is 6.27. The zero-order chi connectivity index (χ0) is 31.1. The number of nitrogens with zero attached hydrogens (tertiary/aromatic N) is 2. The van der Waals surface area contributed by atoms with E-state index < -0.39 is 39.9 Å². The van der Waals surface area contributed by atoms with E-state index in [1.54, 1.807) is 43.3 Å². The van der Waals surface area contributed by atoms with Gasteiger partial charge in [0.15, 0.2) is 0 Å². The van der Waals surface area contributed by atoms with Crippen LogP contribution in [-0.2, 0) is 26.2 Å². The van der Waals surface area contributed by atoms with Crippen molar-refractivity contribution in [2.45, 2.75) is 64.1 Å². The lowest BCUT2D eigenvalue weighted by Gasteiger charge is -2.34. The minimum absolute atomic E-state index is 0.00464. The second kappa shape index (κ2) is 14.2. The molecule has 11 heteroatoms. The van der Waals surface area contributed by atoms with Crippen molar-refractivity contribution in [2.24, 2.45) is 0 Å². The molecule has 0 radical (unpaired) electrons. The fourth-order valence-electron chi connectivity index (χ4n) is 4.30. The van der Waals surface area contributed by atoms with Crippen LogP contribution >= 0.6 is 15.9 Å². The molecular formula is C31H37BrFN3O5S. The van der Waals surface area contributed by atoms with Gasteiger partial charge in [0.2, 0.25) is 11.8 Å². The smallest absolute Gasteiger partial charge is 0.264 e. The highest BCUT2D eigenvalue weighted by Gasteiger charge is 2.34. The molecule has 1 atom stereocenters. The van der Waals surface area contributed by atoms with E-state index in [1.807, 2.05) is 27.7 Å². The van der Waals surface area contributed by atoms with Crippen LogP contribution in [0, 0.1) is 5.82 Å². The summed E-state index contributed by atoms with van der Waals surface area (Å²) in [5, 5.41) is 2.92. The van der Waals surface area contributed by atoms with Crippen molar-refractivity contribution in [3.05, 3.63) is 88.6 Å². The summed E-state index contributed by atoms with van der Waals surface area (Å²) >= 11 is 3.33. The van der Waals surface area contributed by atoms with Gasteiger partial charge >= 0.3 is 0 Å². The highest BCUT2D eigenvalue weighted by Crippen LogP contribution is 2.28. The standard InChI is InChI=1S/C31H37BrFN3O5S/c1-6-28(30(38)34-31(3,4)5)35(20-22-8-12-24(33)13-9-22)29(37)21-36(25-14-16-26(17-15-25)41-7-2)42(39,40)27-18-10-23(32)11-19-27/h8-19,28H,6-7,20-21H2,1-5H3,(H,34,38). The first kappa shape index (κ1) is 33.1. The molecule has 0 aromatic heterocycles. The first-order valence-electron chi connectivity index (χ1n) is 13.6. The second-order valence-corrected chi connectivity index (χ2v) is 13.5. The summed E-state index contributed by atoms with van der Waals surface area (Å²) in [6.45, 7) is 8.96. The summed E-state index contributed by atoms with van der Waals surface area (Å²) in [4.78, 5) is 28.8. The van der Waals surface area contributed by atoms with E-state index in [0.29, 0.717) is 22.4 Å². The molecule has 0 heterocycles. The predicted octanol–water partition coefficient (Wildman–Crippen LogP) is 5.90. The number of halogens is 2. The van der Waals surface area contributed by atoms with Crippen LogP contribution in [0.15, 0.2) is 82.2 Å². The van der Waals surface area contributed by atoms with Gasteiger partial charge in [-0.25, -0.2) is 12.8 Å². The minimum Gasteiger partial charge on any atom is -0.494 e. The largest absolute Gasteiger partial charge is 0.494 e. The van der Waals surface area contributed by atoms with Gasteiger partial charge in [-0.2, -0.15) is 0 Å². The van der Waals surface area contributed by atoms with Crippen LogP contribution < -0.4 is 14.4 Å². The molecule has 42 heavy (non-hydrogen) atoms. The molecule has 1 unspecified atom stereocenters. The van der Waals surface area contributed by atoms with Gasteiger partial charge in [-0.3, -0.25) is 13.9 Å². The van der Waals surface area contributed by atoms with E-state index in [2.05, 4.69) is 21.2 Å². The Morgan fingerprint density at radius 1 is 0.952 bits per heavy atom. The fourth-order valence-corrected chi connectivity index (χ4v) is 5.98.